The smallest absolute Gasteiger partial charge is 0.333 e. The van der Waals surface area contributed by atoms with Crippen molar-refractivity contribution in [3.63, 3.8) is 0 Å². The standard InChI is InChI=1S/C10H16O3/c1-7-3-5-8(6-4-7)9(13-2)10(11)12/h3,8-9H,4-6H2,1-2H3,(H,11,12). The maximum Gasteiger partial charge on any atom is 0.333 e. The number of hydrogen-bond acceptors (Lipinski definition) is 2. The SMILES string of the molecule is COC(C(=O)O)C1CC=C(C)CC1. The minimum absolute atomic E-state index is 0.145. The van der Waals surface area contributed by atoms with Crippen molar-refractivity contribution in [2.24, 2.45) is 5.92 Å². The Labute approximate surface area is 78.4 Å². The highest BCUT2D eigenvalue weighted by Crippen LogP contribution is 2.27. The lowest BCUT2D eigenvalue weighted by Crippen LogP contribution is -2.32. The molecular formula is C10H16O3. The van der Waals surface area contributed by atoms with Crippen LogP contribution >= 0.6 is 0 Å². The lowest BCUT2D eigenvalue weighted by Gasteiger charge is -2.25. The number of carboxylic acids is 1. The van der Waals surface area contributed by atoms with Crippen LogP contribution in [0.3, 0.4) is 0 Å². The van der Waals surface area contributed by atoms with Crippen LogP contribution in [0.4, 0.5) is 0 Å². The highest BCUT2D eigenvalue weighted by atomic mass is 16.5. The minimum Gasteiger partial charge on any atom is -0.479 e. The molecule has 3 heteroatoms. The second-order valence-corrected chi connectivity index (χ2v) is 3.58. The van der Waals surface area contributed by atoms with Gasteiger partial charge in [-0.25, -0.2) is 4.79 Å². The molecule has 3 nitrogen and oxygen atoms in total. The van der Waals surface area contributed by atoms with Crippen LogP contribution in [0.15, 0.2) is 11.6 Å². The zero-order valence-electron chi connectivity index (χ0n) is 8.12. The van der Waals surface area contributed by atoms with Gasteiger partial charge in [0.05, 0.1) is 0 Å². The van der Waals surface area contributed by atoms with Crippen LogP contribution in [0.1, 0.15) is 26.2 Å². The van der Waals surface area contributed by atoms with E-state index < -0.39 is 12.1 Å². The summed E-state index contributed by atoms with van der Waals surface area (Å²) in [4.78, 5) is 10.8. The molecule has 0 aromatic heterocycles. The van der Waals surface area contributed by atoms with Crippen LogP contribution in [-0.2, 0) is 9.53 Å². The lowest BCUT2D eigenvalue weighted by molar-refractivity contribution is -0.152. The molecule has 1 aliphatic carbocycles. The third kappa shape index (κ3) is 2.56. The first-order valence-corrected chi connectivity index (χ1v) is 4.56. The Morgan fingerprint density at radius 1 is 1.77 bits per heavy atom. The molecule has 0 bridgehead atoms. The molecule has 2 unspecified atom stereocenters. The molecule has 0 aromatic carbocycles. The second-order valence-electron chi connectivity index (χ2n) is 3.58. The first kappa shape index (κ1) is 10.3. The Kier molecular flexibility index (Phi) is 3.48. The van der Waals surface area contributed by atoms with Gasteiger partial charge in [-0.05, 0) is 32.1 Å². The Balaban J connectivity index is 2.57. The van der Waals surface area contributed by atoms with E-state index in [1.807, 2.05) is 0 Å². The van der Waals surface area contributed by atoms with Gasteiger partial charge >= 0.3 is 5.97 Å². The van der Waals surface area contributed by atoms with E-state index in [-0.39, 0.29) is 5.92 Å². The number of rotatable bonds is 3. The van der Waals surface area contributed by atoms with E-state index in [4.69, 9.17) is 9.84 Å². The number of aliphatic carboxylic acids is 1. The summed E-state index contributed by atoms with van der Waals surface area (Å²) in [6, 6.07) is 0. The largest absolute Gasteiger partial charge is 0.479 e. The van der Waals surface area contributed by atoms with Crippen molar-refractivity contribution in [3.8, 4) is 0 Å². The van der Waals surface area contributed by atoms with E-state index in [9.17, 15) is 4.79 Å². The molecule has 0 amide bonds. The molecule has 74 valence electrons. The average molecular weight is 184 g/mol. The van der Waals surface area contributed by atoms with Gasteiger partial charge in [0.25, 0.3) is 0 Å². The van der Waals surface area contributed by atoms with Crippen molar-refractivity contribution >= 4 is 5.97 Å². The summed E-state index contributed by atoms with van der Waals surface area (Å²) < 4.78 is 4.96. The maximum atomic E-state index is 10.8. The molecule has 0 aromatic rings. The monoisotopic (exact) mass is 184 g/mol. The van der Waals surface area contributed by atoms with Crippen molar-refractivity contribution in [2.75, 3.05) is 7.11 Å². The van der Waals surface area contributed by atoms with Gasteiger partial charge in [0.2, 0.25) is 0 Å². The van der Waals surface area contributed by atoms with Crippen LogP contribution in [0.2, 0.25) is 0 Å². The Hall–Kier alpha value is -0.830. The average Bonchev–Trinajstić information content (AvgIpc) is 2.09. The normalized spacial score (nSPS) is 25.1. The molecule has 2 atom stereocenters. The summed E-state index contributed by atoms with van der Waals surface area (Å²) in [5.74, 6) is -0.702. The van der Waals surface area contributed by atoms with E-state index in [1.165, 1.54) is 12.7 Å². The van der Waals surface area contributed by atoms with Gasteiger partial charge in [-0.2, -0.15) is 0 Å². The first-order chi connectivity index (χ1) is 6.15. The maximum absolute atomic E-state index is 10.8. The topological polar surface area (TPSA) is 46.5 Å². The summed E-state index contributed by atoms with van der Waals surface area (Å²) in [5.41, 5.74) is 1.36. The molecule has 0 heterocycles. The van der Waals surface area contributed by atoms with Gasteiger partial charge < -0.3 is 9.84 Å². The molecule has 1 N–H and O–H groups in total. The summed E-state index contributed by atoms with van der Waals surface area (Å²) in [5, 5.41) is 8.85. The molecule has 0 fully saturated rings. The van der Waals surface area contributed by atoms with Gasteiger partial charge in [-0.15, -0.1) is 0 Å². The van der Waals surface area contributed by atoms with Crippen molar-refractivity contribution in [2.45, 2.75) is 32.3 Å². The highest BCUT2D eigenvalue weighted by Gasteiger charge is 2.28. The lowest BCUT2D eigenvalue weighted by atomic mass is 9.86. The van der Waals surface area contributed by atoms with E-state index >= 15 is 0 Å². The fourth-order valence-corrected chi connectivity index (χ4v) is 1.76. The quantitative estimate of drug-likeness (QED) is 0.681. The van der Waals surface area contributed by atoms with Gasteiger partial charge in [-0.3, -0.25) is 0 Å². The number of carboxylic acid groups (broad SMARTS) is 1. The molecule has 1 aliphatic rings. The van der Waals surface area contributed by atoms with Gasteiger partial charge in [-0.1, -0.05) is 11.6 Å². The highest BCUT2D eigenvalue weighted by molar-refractivity contribution is 5.72. The molecular weight excluding hydrogens is 168 g/mol. The molecule has 0 saturated heterocycles. The number of carbonyl (C=O) groups is 1. The van der Waals surface area contributed by atoms with Crippen LogP contribution in [0.25, 0.3) is 0 Å². The van der Waals surface area contributed by atoms with Crippen LogP contribution in [0, 0.1) is 5.92 Å². The predicted octanol–water partition coefficient (Wildman–Crippen LogP) is 1.83. The van der Waals surface area contributed by atoms with E-state index in [1.54, 1.807) is 0 Å². The fraction of sp³-hybridized carbons (Fsp3) is 0.700. The fourth-order valence-electron chi connectivity index (χ4n) is 1.76. The Morgan fingerprint density at radius 2 is 2.46 bits per heavy atom. The Morgan fingerprint density at radius 3 is 2.85 bits per heavy atom. The van der Waals surface area contributed by atoms with E-state index in [0.29, 0.717) is 0 Å². The zero-order chi connectivity index (χ0) is 9.84. The number of hydrogen-bond donors (Lipinski definition) is 1. The minimum atomic E-state index is -0.847. The number of methoxy groups -OCH3 is 1. The summed E-state index contributed by atoms with van der Waals surface area (Å²) >= 11 is 0. The van der Waals surface area contributed by atoms with Crippen molar-refractivity contribution in [1.82, 2.24) is 0 Å². The van der Waals surface area contributed by atoms with Crippen LogP contribution < -0.4 is 0 Å². The van der Waals surface area contributed by atoms with Crippen LogP contribution in [-0.4, -0.2) is 24.3 Å². The second kappa shape index (κ2) is 4.42. The number of ether oxygens (including phenoxy) is 1. The molecule has 13 heavy (non-hydrogen) atoms. The van der Waals surface area contributed by atoms with Gasteiger partial charge in [0.15, 0.2) is 6.10 Å². The summed E-state index contributed by atoms with van der Waals surface area (Å²) in [6.45, 7) is 2.08. The predicted molar refractivity (Wildman–Crippen MR) is 49.5 cm³/mol. The van der Waals surface area contributed by atoms with Crippen molar-refractivity contribution in [1.29, 1.82) is 0 Å². The van der Waals surface area contributed by atoms with Gasteiger partial charge in [0.1, 0.15) is 0 Å². The third-order valence-electron chi connectivity index (χ3n) is 2.60. The number of allylic oxidation sites excluding steroid dienone is 2. The van der Waals surface area contributed by atoms with Crippen LogP contribution in [0.5, 0.6) is 0 Å². The van der Waals surface area contributed by atoms with E-state index in [0.717, 1.165) is 19.3 Å². The molecule has 1 rings (SSSR count). The molecule has 0 radical (unpaired) electrons. The molecule has 0 saturated carbocycles. The third-order valence-corrected chi connectivity index (χ3v) is 2.60. The first-order valence-electron chi connectivity index (χ1n) is 4.56. The van der Waals surface area contributed by atoms with Crippen molar-refractivity contribution in [3.05, 3.63) is 11.6 Å². The summed E-state index contributed by atoms with van der Waals surface area (Å²) in [7, 11) is 1.46. The van der Waals surface area contributed by atoms with E-state index in [2.05, 4.69) is 13.0 Å². The Bertz CT molecular complexity index is 220. The zero-order valence-corrected chi connectivity index (χ0v) is 8.12. The van der Waals surface area contributed by atoms with Gasteiger partial charge in [0, 0.05) is 7.11 Å². The molecule has 0 spiro atoms. The summed E-state index contributed by atoms with van der Waals surface area (Å²) in [6.07, 6.45) is 4.23. The molecule has 0 aliphatic heterocycles. The van der Waals surface area contributed by atoms with Crippen molar-refractivity contribution < 1.29 is 14.6 Å².